The minimum absolute atomic E-state index is 0.555. The lowest BCUT2D eigenvalue weighted by Gasteiger charge is -2.10. The van der Waals surface area contributed by atoms with Crippen LogP contribution in [0, 0.1) is 6.92 Å². The molecule has 0 aromatic carbocycles. The van der Waals surface area contributed by atoms with Gasteiger partial charge in [0.15, 0.2) is 0 Å². The van der Waals surface area contributed by atoms with E-state index in [1.54, 1.807) is 0 Å². The molecule has 1 N–H and O–H groups in total. The molecule has 20 heavy (non-hydrogen) atoms. The molecule has 2 aromatic heterocycles. The van der Waals surface area contributed by atoms with Gasteiger partial charge in [-0.15, -0.1) is 0 Å². The minimum atomic E-state index is 0.555. The van der Waals surface area contributed by atoms with Crippen LogP contribution in [0.15, 0.2) is 24.5 Å². The van der Waals surface area contributed by atoms with E-state index in [1.807, 2.05) is 24.5 Å². The molecule has 0 radical (unpaired) electrons. The van der Waals surface area contributed by atoms with E-state index in [1.165, 1.54) is 12.8 Å². The number of nitrogens with zero attached hydrogens (tertiary/aromatic N) is 3. The van der Waals surface area contributed by atoms with Crippen molar-refractivity contribution in [2.45, 2.75) is 39.0 Å². The summed E-state index contributed by atoms with van der Waals surface area (Å²) in [4.78, 5) is 13.6. The lowest BCUT2D eigenvalue weighted by Crippen LogP contribution is -2.06. The van der Waals surface area contributed by atoms with Gasteiger partial charge in [0.25, 0.3) is 0 Å². The molecule has 104 valence electrons. The van der Waals surface area contributed by atoms with E-state index >= 15 is 0 Å². The van der Waals surface area contributed by atoms with E-state index in [4.69, 9.17) is 4.98 Å². The van der Waals surface area contributed by atoms with Crippen molar-refractivity contribution in [2.75, 3.05) is 11.9 Å². The average Bonchev–Trinajstić information content (AvgIpc) is 3.30. The number of aryl methyl sites for hydroxylation is 1. The van der Waals surface area contributed by atoms with Crippen LogP contribution in [-0.2, 0) is 0 Å². The topological polar surface area (TPSA) is 50.7 Å². The lowest BCUT2D eigenvalue weighted by molar-refractivity contribution is 0.910. The summed E-state index contributed by atoms with van der Waals surface area (Å²) < 4.78 is 0. The SMILES string of the molecule is CCCNc1cc(-c2ccncc2C)nc(C2CC2)n1. The van der Waals surface area contributed by atoms with Gasteiger partial charge < -0.3 is 5.32 Å². The molecule has 1 aliphatic carbocycles. The first-order chi connectivity index (χ1) is 9.78. The molecule has 1 fully saturated rings. The van der Waals surface area contributed by atoms with Crippen molar-refractivity contribution >= 4 is 5.82 Å². The van der Waals surface area contributed by atoms with Crippen molar-refractivity contribution in [3.63, 3.8) is 0 Å². The van der Waals surface area contributed by atoms with Crippen molar-refractivity contribution in [1.29, 1.82) is 0 Å². The summed E-state index contributed by atoms with van der Waals surface area (Å²) >= 11 is 0. The zero-order valence-corrected chi connectivity index (χ0v) is 12.1. The van der Waals surface area contributed by atoms with Gasteiger partial charge in [-0.25, -0.2) is 9.97 Å². The molecule has 0 spiro atoms. The molecule has 4 nitrogen and oxygen atoms in total. The van der Waals surface area contributed by atoms with Gasteiger partial charge in [0.1, 0.15) is 11.6 Å². The quantitative estimate of drug-likeness (QED) is 0.901. The van der Waals surface area contributed by atoms with Crippen LogP contribution in [0.25, 0.3) is 11.3 Å². The van der Waals surface area contributed by atoms with Crippen LogP contribution in [0.2, 0.25) is 0 Å². The van der Waals surface area contributed by atoms with Crippen LogP contribution in [-0.4, -0.2) is 21.5 Å². The molecule has 2 heterocycles. The van der Waals surface area contributed by atoms with Gasteiger partial charge in [0.05, 0.1) is 5.69 Å². The van der Waals surface area contributed by atoms with Gasteiger partial charge in [0.2, 0.25) is 0 Å². The van der Waals surface area contributed by atoms with Crippen LogP contribution >= 0.6 is 0 Å². The van der Waals surface area contributed by atoms with Crippen LogP contribution < -0.4 is 5.32 Å². The van der Waals surface area contributed by atoms with Gasteiger partial charge in [-0.05, 0) is 37.8 Å². The van der Waals surface area contributed by atoms with Gasteiger partial charge in [-0.2, -0.15) is 0 Å². The predicted molar refractivity (Wildman–Crippen MR) is 80.8 cm³/mol. The summed E-state index contributed by atoms with van der Waals surface area (Å²) in [7, 11) is 0. The number of pyridine rings is 1. The first kappa shape index (κ1) is 13.0. The summed E-state index contributed by atoms with van der Waals surface area (Å²) in [5.41, 5.74) is 3.29. The maximum Gasteiger partial charge on any atom is 0.134 e. The number of hydrogen-bond donors (Lipinski definition) is 1. The van der Waals surface area contributed by atoms with Crippen molar-refractivity contribution in [3.8, 4) is 11.3 Å². The van der Waals surface area contributed by atoms with Crippen molar-refractivity contribution < 1.29 is 0 Å². The average molecular weight is 268 g/mol. The first-order valence-electron chi connectivity index (χ1n) is 7.31. The highest BCUT2D eigenvalue weighted by Crippen LogP contribution is 2.39. The normalized spacial score (nSPS) is 14.3. The molecule has 0 saturated heterocycles. The Morgan fingerprint density at radius 3 is 2.85 bits per heavy atom. The monoisotopic (exact) mass is 268 g/mol. The van der Waals surface area contributed by atoms with E-state index < -0.39 is 0 Å². The van der Waals surface area contributed by atoms with Crippen LogP contribution in [0.3, 0.4) is 0 Å². The zero-order chi connectivity index (χ0) is 13.9. The molecule has 0 bridgehead atoms. The zero-order valence-electron chi connectivity index (χ0n) is 12.1. The first-order valence-corrected chi connectivity index (χ1v) is 7.31. The number of nitrogens with one attached hydrogen (secondary N) is 1. The molecule has 2 aromatic rings. The van der Waals surface area contributed by atoms with Crippen LogP contribution in [0.1, 0.15) is 43.5 Å². The molecular formula is C16H20N4. The molecule has 1 aliphatic rings. The Bertz CT molecular complexity index is 605. The number of hydrogen-bond acceptors (Lipinski definition) is 4. The Morgan fingerprint density at radius 2 is 2.15 bits per heavy atom. The summed E-state index contributed by atoms with van der Waals surface area (Å²) in [6.07, 6.45) is 7.22. The number of anilines is 1. The van der Waals surface area contributed by atoms with Gasteiger partial charge in [-0.1, -0.05) is 6.92 Å². The molecule has 3 rings (SSSR count). The van der Waals surface area contributed by atoms with Crippen molar-refractivity contribution in [2.24, 2.45) is 0 Å². The highest BCUT2D eigenvalue weighted by molar-refractivity contribution is 5.65. The highest BCUT2D eigenvalue weighted by atomic mass is 15.0. The third-order valence-electron chi connectivity index (χ3n) is 3.54. The lowest BCUT2D eigenvalue weighted by atomic mass is 10.1. The van der Waals surface area contributed by atoms with E-state index in [-0.39, 0.29) is 0 Å². The fraction of sp³-hybridized carbons (Fsp3) is 0.438. The summed E-state index contributed by atoms with van der Waals surface area (Å²) in [6, 6.07) is 4.07. The summed E-state index contributed by atoms with van der Waals surface area (Å²) in [5, 5.41) is 3.38. The van der Waals surface area contributed by atoms with E-state index in [0.29, 0.717) is 5.92 Å². The maximum atomic E-state index is 4.76. The summed E-state index contributed by atoms with van der Waals surface area (Å²) in [6.45, 7) is 5.17. The third-order valence-corrected chi connectivity index (χ3v) is 3.54. The van der Waals surface area contributed by atoms with E-state index in [0.717, 1.165) is 41.4 Å². The fourth-order valence-corrected chi connectivity index (χ4v) is 2.23. The van der Waals surface area contributed by atoms with Crippen molar-refractivity contribution in [3.05, 3.63) is 35.9 Å². The van der Waals surface area contributed by atoms with Crippen LogP contribution in [0.4, 0.5) is 5.82 Å². The molecule has 0 aliphatic heterocycles. The second-order valence-corrected chi connectivity index (χ2v) is 5.39. The third kappa shape index (κ3) is 2.79. The van der Waals surface area contributed by atoms with Crippen molar-refractivity contribution in [1.82, 2.24) is 15.0 Å². The minimum Gasteiger partial charge on any atom is -0.370 e. The van der Waals surface area contributed by atoms with Gasteiger partial charge in [-0.3, -0.25) is 4.98 Å². The number of aromatic nitrogens is 3. The largest absolute Gasteiger partial charge is 0.370 e. The maximum absolute atomic E-state index is 4.76. The van der Waals surface area contributed by atoms with Gasteiger partial charge in [0, 0.05) is 36.5 Å². The molecule has 0 unspecified atom stereocenters. The second-order valence-electron chi connectivity index (χ2n) is 5.39. The second kappa shape index (κ2) is 5.57. The fourth-order valence-electron chi connectivity index (χ4n) is 2.23. The Balaban J connectivity index is 2.00. The highest BCUT2D eigenvalue weighted by Gasteiger charge is 2.27. The number of rotatable bonds is 5. The Kier molecular flexibility index (Phi) is 3.63. The molecule has 1 saturated carbocycles. The molecule has 0 amide bonds. The smallest absolute Gasteiger partial charge is 0.134 e. The van der Waals surface area contributed by atoms with Crippen LogP contribution in [0.5, 0.6) is 0 Å². The van der Waals surface area contributed by atoms with E-state index in [9.17, 15) is 0 Å². The van der Waals surface area contributed by atoms with Gasteiger partial charge >= 0.3 is 0 Å². The predicted octanol–water partition coefficient (Wildman–Crippen LogP) is 3.55. The Morgan fingerprint density at radius 1 is 1.30 bits per heavy atom. The van der Waals surface area contributed by atoms with E-state index in [2.05, 4.69) is 29.1 Å². The Labute approximate surface area is 119 Å². The Hall–Kier alpha value is -1.97. The molecule has 0 atom stereocenters. The summed E-state index contributed by atoms with van der Waals surface area (Å²) in [5.74, 6) is 2.48. The molecule has 4 heteroatoms. The molecular weight excluding hydrogens is 248 g/mol. The standard InChI is InChI=1S/C16H20N4/c1-3-7-18-15-9-14(13-6-8-17-10-11(13)2)19-16(20-15)12-4-5-12/h6,8-10,12H,3-5,7H2,1-2H3,(H,18,19,20).